The maximum atomic E-state index is 12.4. The Kier molecular flexibility index (Phi) is 5.53. The van der Waals surface area contributed by atoms with Gasteiger partial charge in [0.15, 0.2) is 16.5 Å². The fourth-order valence-corrected chi connectivity index (χ4v) is 2.44. The summed E-state index contributed by atoms with van der Waals surface area (Å²) in [5.74, 6) is -0.157. The van der Waals surface area contributed by atoms with E-state index < -0.39 is 11.9 Å². The van der Waals surface area contributed by atoms with E-state index in [1.165, 1.54) is 40.6 Å². The lowest BCUT2D eigenvalue weighted by Crippen LogP contribution is -2.14. The molecule has 0 aliphatic carbocycles. The summed E-state index contributed by atoms with van der Waals surface area (Å²) in [7, 11) is 5.57. The second-order valence-corrected chi connectivity index (χ2v) is 5.06. The van der Waals surface area contributed by atoms with Crippen LogP contribution >= 0.6 is 11.5 Å². The van der Waals surface area contributed by atoms with Crippen LogP contribution in [-0.2, 0) is 4.74 Å². The Balaban J connectivity index is 2.34. The highest BCUT2D eigenvalue weighted by atomic mass is 32.1. The summed E-state index contributed by atoms with van der Waals surface area (Å²) in [4.78, 5) is 24.0. The molecule has 24 heavy (non-hydrogen) atoms. The molecule has 1 N–H and O–H groups in total. The van der Waals surface area contributed by atoms with Gasteiger partial charge in [0.2, 0.25) is 11.4 Å². The van der Waals surface area contributed by atoms with Gasteiger partial charge in [0.1, 0.15) is 0 Å². The van der Waals surface area contributed by atoms with Crippen molar-refractivity contribution in [1.82, 2.24) is 9.59 Å². The van der Waals surface area contributed by atoms with Crippen molar-refractivity contribution in [3.8, 4) is 17.2 Å². The van der Waals surface area contributed by atoms with Gasteiger partial charge in [0.25, 0.3) is 5.91 Å². The normalized spacial score (nSPS) is 10.0. The first kappa shape index (κ1) is 17.5. The number of carbonyl (C=O) groups excluding carboxylic acids is 2. The monoisotopic (exact) mass is 353 g/mol. The molecule has 2 aromatic rings. The van der Waals surface area contributed by atoms with Crippen molar-refractivity contribution < 1.29 is 28.5 Å². The Bertz CT molecular complexity index is 736. The lowest BCUT2D eigenvalue weighted by molar-refractivity contribution is 0.0595. The van der Waals surface area contributed by atoms with Crippen LogP contribution in [0.3, 0.4) is 0 Å². The Morgan fingerprint density at radius 3 is 2.17 bits per heavy atom. The summed E-state index contributed by atoms with van der Waals surface area (Å²) in [5.41, 5.74) is 0.178. The first-order valence-corrected chi connectivity index (χ1v) is 7.35. The number of nitrogens with zero attached hydrogens (tertiary/aromatic N) is 2. The number of benzene rings is 1. The van der Waals surface area contributed by atoms with E-state index in [-0.39, 0.29) is 16.3 Å². The van der Waals surface area contributed by atoms with Crippen LogP contribution in [0.15, 0.2) is 12.1 Å². The van der Waals surface area contributed by atoms with Crippen molar-refractivity contribution in [2.75, 3.05) is 33.8 Å². The number of hydrogen-bond donors (Lipinski definition) is 1. The second-order valence-electron chi connectivity index (χ2n) is 4.31. The third-order valence-electron chi connectivity index (χ3n) is 3.02. The summed E-state index contributed by atoms with van der Waals surface area (Å²) < 4.78 is 23.8. The number of nitrogens with one attached hydrogen (secondary N) is 1. The fourth-order valence-electron chi connectivity index (χ4n) is 1.89. The van der Waals surface area contributed by atoms with Gasteiger partial charge in [-0.2, -0.15) is 0 Å². The van der Waals surface area contributed by atoms with E-state index in [1.807, 2.05) is 0 Å². The Morgan fingerprint density at radius 2 is 1.67 bits per heavy atom. The van der Waals surface area contributed by atoms with Gasteiger partial charge in [-0.1, -0.05) is 4.49 Å². The number of ether oxygens (including phenoxy) is 4. The minimum Gasteiger partial charge on any atom is -0.493 e. The number of hydrogen-bond acceptors (Lipinski definition) is 9. The first-order valence-electron chi connectivity index (χ1n) is 6.57. The van der Waals surface area contributed by atoms with Crippen LogP contribution in [0.2, 0.25) is 0 Å². The molecule has 1 aromatic carbocycles. The average Bonchev–Trinajstić information content (AvgIpc) is 3.07. The average molecular weight is 353 g/mol. The van der Waals surface area contributed by atoms with Crippen LogP contribution in [0, 0.1) is 0 Å². The quantitative estimate of drug-likeness (QED) is 0.780. The molecule has 0 saturated heterocycles. The van der Waals surface area contributed by atoms with E-state index in [4.69, 9.17) is 14.2 Å². The molecule has 2 rings (SSSR count). The summed E-state index contributed by atoms with van der Waals surface area (Å²) in [6, 6.07) is 2.98. The van der Waals surface area contributed by atoms with E-state index >= 15 is 0 Å². The van der Waals surface area contributed by atoms with Crippen LogP contribution in [0.1, 0.15) is 20.8 Å². The largest absolute Gasteiger partial charge is 0.493 e. The van der Waals surface area contributed by atoms with Gasteiger partial charge in [-0.05, 0) is 12.1 Å². The highest BCUT2D eigenvalue weighted by Gasteiger charge is 2.21. The fraction of sp³-hybridized carbons (Fsp3) is 0.286. The van der Waals surface area contributed by atoms with E-state index in [1.54, 1.807) is 0 Å². The number of carbonyl (C=O) groups is 2. The van der Waals surface area contributed by atoms with Crippen molar-refractivity contribution in [2.24, 2.45) is 0 Å². The molecule has 0 atom stereocenters. The summed E-state index contributed by atoms with van der Waals surface area (Å²) in [5, 5.41) is 6.38. The zero-order chi connectivity index (χ0) is 17.7. The van der Waals surface area contributed by atoms with Gasteiger partial charge in [-0.3, -0.25) is 4.79 Å². The number of rotatable bonds is 6. The molecular weight excluding hydrogens is 338 g/mol. The van der Waals surface area contributed by atoms with Crippen molar-refractivity contribution in [2.45, 2.75) is 0 Å². The molecule has 1 amide bonds. The topological polar surface area (TPSA) is 109 Å². The van der Waals surface area contributed by atoms with Crippen molar-refractivity contribution in [1.29, 1.82) is 0 Å². The van der Waals surface area contributed by atoms with Crippen LogP contribution in [-0.4, -0.2) is 49.9 Å². The molecule has 10 heteroatoms. The maximum absolute atomic E-state index is 12.4. The van der Waals surface area contributed by atoms with Crippen LogP contribution in [0.4, 0.5) is 5.00 Å². The molecule has 0 saturated carbocycles. The molecule has 0 aliphatic rings. The zero-order valence-corrected chi connectivity index (χ0v) is 14.2. The molecule has 0 aliphatic heterocycles. The third-order valence-corrected chi connectivity index (χ3v) is 3.66. The van der Waals surface area contributed by atoms with Crippen LogP contribution < -0.4 is 19.5 Å². The van der Waals surface area contributed by atoms with E-state index in [0.717, 1.165) is 11.5 Å². The molecule has 1 heterocycles. The molecule has 0 fully saturated rings. The maximum Gasteiger partial charge on any atom is 0.361 e. The van der Waals surface area contributed by atoms with Gasteiger partial charge < -0.3 is 24.3 Å². The zero-order valence-electron chi connectivity index (χ0n) is 13.4. The van der Waals surface area contributed by atoms with Gasteiger partial charge in [-0.15, -0.1) is 5.10 Å². The molecule has 0 spiro atoms. The van der Waals surface area contributed by atoms with E-state index in [2.05, 4.69) is 19.6 Å². The Morgan fingerprint density at radius 1 is 1.04 bits per heavy atom. The smallest absolute Gasteiger partial charge is 0.361 e. The third kappa shape index (κ3) is 3.38. The molecule has 0 radical (unpaired) electrons. The highest BCUT2D eigenvalue weighted by Crippen LogP contribution is 2.38. The predicted molar refractivity (Wildman–Crippen MR) is 85.3 cm³/mol. The van der Waals surface area contributed by atoms with Crippen molar-refractivity contribution in [3.63, 3.8) is 0 Å². The standard InChI is InChI=1S/C14H15N3O6S/c1-20-8-5-7(6-9(21-2)11(8)22-3)12(18)15-13-10(14(19)23-4)16-17-24-13/h5-6H,1-4H3,(H,15,18). The SMILES string of the molecule is COC(=O)c1nnsc1NC(=O)c1cc(OC)c(OC)c(OC)c1. The van der Waals surface area contributed by atoms with Crippen molar-refractivity contribution >= 4 is 28.4 Å². The van der Waals surface area contributed by atoms with Crippen molar-refractivity contribution in [3.05, 3.63) is 23.4 Å². The van der Waals surface area contributed by atoms with Gasteiger partial charge in [0, 0.05) is 17.1 Å². The summed E-state index contributed by atoms with van der Waals surface area (Å²) in [6.07, 6.45) is 0. The lowest BCUT2D eigenvalue weighted by atomic mass is 10.1. The molecule has 0 unspecified atom stereocenters. The molecule has 1 aromatic heterocycles. The van der Waals surface area contributed by atoms with Crippen LogP contribution in [0.25, 0.3) is 0 Å². The number of esters is 1. The number of methoxy groups -OCH3 is 4. The Labute approximate surface area is 141 Å². The minimum absolute atomic E-state index is 0.0664. The highest BCUT2D eigenvalue weighted by molar-refractivity contribution is 7.10. The number of amides is 1. The van der Waals surface area contributed by atoms with Gasteiger partial charge in [0.05, 0.1) is 28.4 Å². The summed E-state index contributed by atoms with van der Waals surface area (Å²) >= 11 is 0.863. The minimum atomic E-state index is -0.691. The first-order chi connectivity index (χ1) is 11.5. The number of anilines is 1. The van der Waals surface area contributed by atoms with E-state index in [9.17, 15) is 9.59 Å². The molecule has 128 valence electrons. The second kappa shape index (κ2) is 7.59. The predicted octanol–water partition coefficient (Wildman–Crippen LogP) is 1.60. The summed E-state index contributed by atoms with van der Waals surface area (Å²) in [6.45, 7) is 0. The van der Waals surface area contributed by atoms with Gasteiger partial charge >= 0.3 is 5.97 Å². The lowest BCUT2D eigenvalue weighted by Gasteiger charge is -2.13. The van der Waals surface area contributed by atoms with Crippen LogP contribution in [0.5, 0.6) is 17.2 Å². The van der Waals surface area contributed by atoms with Gasteiger partial charge in [-0.25, -0.2) is 4.79 Å². The number of aromatic nitrogens is 2. The van der Waals surface area contributed by atoms with E-state index in [0.29, 0.717) is 17.2 Å². The molecule has 9 nitrogen and oxygen atoms in total. The molecule has 0 bridgehead atoms. The Hall–Kier alpha value is -2.88. The molecular formula is C14H15N3O6S.